The van der Waals surface area contributed by atoms with Gasteiger partial charge >= 0.3 is 0 Å². The zero-order valence-electron chi connectivity index (χ0n) is 16.0. The van der Waals surface area contributed by atoms with Crippen LogP contribution in [0.2, 0.25) is 0 Å². The van der Waals surface area contributed by atoms with Crippen LogP contribution in [0.3, 0.4) is 0 Å². The Hall–Kier alpha value is -2.69. The van der Waals surface area contributed by atoms with E-state index in [9.17, 15) is 4.79 Å². The molecule has 0 spiro atoms. The van der Waals surface area contributed by atoms with Gasteiger partial charge in [-0.2, -0.15) is 0 Å². The number of carbonyl (C=O) groups excluding carboxylic acids is 1. The van der Waals surface area contributed by atoms with Crippen molar-refractivity contribution in [3.8, 4) is 17.2 Å². The summed E-state index contributed by atoms with van der Waals surface area (Å²) in [7, 11) is 4.99. The highest BCUT2D eigenvalue weighted by molar-refractivity contribution is 5.94. The zero-order valence-corrected chi connectivity index (χ0v) is 16.0. The maximum atomic E-state index is 12.7. The summed E-state index contributed by atoms with van der Waals surface area (Å²) in [6.07, 6.45) is 2.11. The number of ether oxygens (including phenoxy) is 3. The number of amides is 1. The van der Waals surface area contributed by atoms with E-state index in [0.717, 1.165) is 29.9 Å². The van der Waals surface area contributed by atoms with Gasteiger partial charge in [-0.25, -0.2) is 0 Å². The topological polar surface area (TPSA) is 48.0 Å². The minimum absolute atomic E-state index is 0.0528. The van der Waals surface area contributed by atoms with Crippen molar-refractivity contribution in [1.82, 2.24) is 4.90 Å². The molecular weight excluding hydrogens is 330 g/mol. The number of hydrogen-bond donors (Lipinski definition) is 0. The lowest BCUT2D eigenvalue weighted by Crippen LogP contribution is -2.26. The Morgan fingerprint density at radius 1 is 1.00 bits per heavy atom. The summed E-state index contributed by atoms with van der Waals surface area (Å²) in [5.41, 5.74) is 1.55. The minimum Gasteiger partial charge on any atom is -0.497 e. The van der Waals surface area contributed by atoms with Crippen molar-refractivity contribution in [3.05, 3.63) is 53.6 Å². The third kappa shape index (κ3) is 5.15. The van der Waals surface area contributed by atoms with Crippen molar-refractivity contribution in [2.75, 3.05) is 27.9 Å². The lowest BCUT2D eigenvalue weighted by atomic mass is 10.1. The molecular formula is C21H27NO4. The minimum atomic E-state index is -0.0528. The van der Waals surface area contributed by atoms with Gasteiger partial charge < -0.3 is 19.1 Å². The standard InChI is InChI=1S/C21H27NO4/c1-5-6-13-26-18-10-7-16(8-11-18)21(23)22(2)15-17-9-12-19(24-3)14-20(17)25-4/h7-12,14H,5-6,13,15H2,1-4H3. The first-order valence-electron chi connectivity index (χ1n) is 8.78. The van der Waals surface area contributed by atoms with Crippen molar-refractivity contribution >= 4 is 5.91 Å². The Morgan fingerprint density at radius 2 is 1.69 bits per heavy atom. The summed E-state index contributed by atoms with van der Waals surface area (Å²) in [4.78, 5) is 14.3. The van der Waals surface area contributed by atoms with E-state index >= 15 is 0 Å². The first-order valence-corrected chi connectivity index (χ1v) is 8.78. The summed E-state index contributed by atoms with van der Waals surface area (Å²) < 4.78 is 16.2. The molecule has 0 aliphatic carbocycles. The van der Waals surface area contributed by atoms with Gasteiger partial charge in [-0.1, -0.05) is 13.3 Å². The molecule has 0 saturated heterocycles. The number of carbonyl (C=O) groups is 1. The lowest BCUT2D eigenvalue weighted by molar-refractivity contribution is 0.0784. The van der Waals surface area contributed by atoms with Crippen LogP contribution in [-0.2, 0) is 6.54 Å². The first-order chi connectivity index (χ1) is 12.6. The summed E-state index contributed by atoms with van der Waals surface area (Å²) in [5.74, 6) is 2.15. The van der Waals surface area contributed by atoms with Crippen molar-refractivity contribution in [3.63, 3.8) is 0 Å². The SMILES string of the molecule is CCCCOc1ccc(C(=O)N(C)Cc2ccc(OC)cc2OC)cc1. The predicted octanol–water partition coefficient (Wildman–Crippen LogP) is 4.15. The van der Waals surface area contributed by atoms with E-state index in [1.165, 1.54) is 0 Å². The Morgan fingerprint density at radius 3 is 2.31 bits per heavy atom. The molecule has 0 aliphatic rings. The van der Waals surface area contributed by atoms with E-state index in [0.29, 0.717) is 24.5 Å². The average Bonchev–Trinajstić information content (AvgIpc) is 2.68. The van der Waals surface area contributed by atoms with Gasteiger partial charge in [0.15, 0.2) is 0 Å². The normalized spacial score (nSPS) is 10.3. The monoisotopic (exact) mass is 357 g/mol. The number of methoxy groups -OCH3 is 2. The molecule has 0 N–H and O–H groups in total. The lowest BCUT2D eigenvalue weighted by Gasteiger charge is -2.19. The molecule has 5 nitrogen and oxygen atoms in total. The van der Waals surface area contributed by atoms with Crippen LogP contribution in [0.15, 0.2) is 42.5 Å². The quantitative estimate of drug-likeness (QED) is 0.633. The maximum absolute atomic E-state index is 12.7. The molecule has 0 radical (unpaired) electrons. The Kier molecular flexibility index (Phi) is 7.33. The van der Waals surface area contributed by atoms with Crippen molar-refractivity contribution in [2.45, 2.75) is 26.3 Å². The number of benzene rings is 2. The summed E-state index contributed by atoms with van der Waals surface area (Å²) in [6.45, 7) is 3.26. The summed E-state index contributed by atoms with van der Waals surface area (Å²) in [5, 5.41) is 0. The van der Waals surface area contributed by atoms with E-state index in [1.54, 1.807) is 38.3 Å². The second-order valence-electron chi connectivity index (χ2n) is 6.07. The fourth-order valence-electron chi connectivity index (χ4n) is 2.56. The number of nitrogens with zero attached hydrogens (tertiary/aromatic N) is 1. The molecule has 0 bridgehead atoms. The van der Waals surface area contributed by atoms with Crippen LogP contribution in [-0.4, -0.2) is 38.7 Å². The highest BCUT2D eigenvalue weighted by atomic mass is 16.5. The van der Waals surface area contributed by atoms with Crippen LogP contribution < -0.4 is 14.2 Å². The van der Waals surface area contributed by atoms with Crippen molar-refractivity contribution < 1.29 is 19.0 Å². The van der Waals surface area contributed by atoms with E-state index in [4.69, 9.17) is 14.2 Å². The Balaban J connectivity index is 2.03. The molecule has 0 atom stereocenters. The molecule has 0 aromatic heterocycles. The molecule has 1 amide bonds. The molecule has 26 heavy (non-hydrogen) atoms. The van der Waals surface area contributed by atoms with Gasteiger partial charge in [0, 0.05) is 30.8 Å². The van der Waals surface area contributed by atoms with Gasteiger partial charge in [-0.15, -0.1) is 0 Å². The largest absolute Gasteiger partial charge is 0.497 e. The molecule has 0 unspecified atom stereocenters. The van der Waals surface area contributed by atoms with Crippen molar-refractivity contribution in [1.29, 1.82) is 0 Å². The van der Waals surface area contributed by atoms with Crippen LogP contribution in [0, 0.1) is 0 Å². The first kappa shape index (κ1) is 19.6. The van der Waals surface area contributed by atoms with Crippen LogP contribution in [0.4, 0.5) is 0 Å². The second kappa shape index (κ2) is 9.70. The van der Waals surface area contributed by atoms with Gasteiger partial charge in [-0.3, -0.25) is 4.79 Å². The van der Waals surface area contributed by atoms with E-state index in [2.05, 4.69) is 6.92 Å². The van der Waals surface area contributed by atoms with E-state index in [-0.39, 0.29) is 5.91 Å². The van der Waals surface area contributed by atoms with Gasteiger partial charge in [-0.05, 0) is 42.8 Å². The molecule has 0 aliphatic heterocycles. The highest BCUT2D eigenvalue weighted by Crippen LogP contribution is 2.26. The highest BCUT2D eigenvalue weighted by Gasteiger charge is 2.15. The van der Waals surface area contributed by atoms with Crippen LogP contribution in [0.1, 0.15) is 35.7 Å². The third-order valence-corrected chi connectivity index (χ3v) is 4.12. The molecule has 140 valence electrons. The molecule has 2 aromatic rings. The fourth-order valence-corrected chi connectivity index (χ4v) is 2.56. The Labute approximate surface area is 155 Å². The molecule has 5 heteroatoms. The molecule has 0 fully saturated rings. The van der Waals surface area contributed by atoms with Gasteiger partial charge in [0.2, 0.25) is 0 Å². The van der Waals surface area contributed by atoms with Crippen molar-refractivity contribution in [2.24, 2.45) is 0 Å². The number of unbranched alkanes of at least 4 members (excludes halogenated alkanes) is 1. The zero-order chi connectivity index (χ0) is 18.9. The van der Waals surface area contributed by atoms with Crippen LogP contribution in [0.25, 0.3) is 0 Å². The van der Waals surface area contributed by atoms with Crippen LogP contribution >= 0.6 is 0 Å². The molecule has 0 saturated carbocycles. The van der Waals surface area contributed by atoms with Gasteiger partial charge in [0.05, 0.1) is 20.8 Å². The van der Waals surface area contributed by atoms with Gasteiger partial charge in [0.25, 0.3) is 5.91 Å². The molecule has 0 heterocycles. The molecule has 2 aromatic carbocycles. The smallest absolute Gasteiger partial charge is 0.253 e. The maximum Gasteiger partial charge on any atom is 0.253 e. The summed E-state index contributed by atoms with van der Waals surface area (Å²) in [6, 6.07) is 12.9. The van der Waals surface area contributed by atoms with E-state index < -0.39 is 0 Å². The number of hydrogen-bond acceptors (Lipinski definition) is 4. The number of rotatable bonds is 9. The average molecular weight is 357 g/mol. The fraction of sp³-hybridized carbons (Fsp3) is 0.381. The van der Waals surface area contributed by atoms with E-state index in [1.807, 2.05) is 30.3 Å². The second-order valence-corrected chi connectivity index (χ2v) is 6.07. The Bertz CT molecular complexity index is 712. The van der Waals surface area contributed by atoms with Gasteiger partial charge in [0.1, 0.15) is 17.2 Å². The van der Waals surface area contributed by atoms with Crippen LogP contribution in [0.5, 0.6) is 17.2 Å². The molecule has 2 rings (SSSR count). The summed E-state index contributed by atoms with van der Waals surface area (Å²) >= 11 is 0. The predicted molar refractivity (Wildman–Crippen MR) is 102 cm³/mol. The third-order valence-electron chi connectivity index (χ3n) is 4.12.